The monoisotopic (exact) mass is 189 g/mol. The zero-order chi connectivity index (χ0) is 10.1. The summed E-state index contributed by atoms with van der Waals surface area (Å²) < 4.78 is 1.69. The van der Waals surface area contributed by atoms with Gasteiger partial charge in [0.15, 0.2) is 0 Å². The lowest BCUT2D eigenvalue weighted by molar-refractivity contribution is 0.477. The minimum atomic E-state index is 0.0793. The Morgan fingerprint density at radius 1 is 1.43 bits per heavy atom. The second kappa shape index (κ2) is 3.06. The summed E-state index contributed by atoms with van der Waals surface area (Å²) >= 11 is 0. The van der Waals surface area contributed by atoms with Gasteiger partial charge in [0.25, 0.3) is 0 Å². The number of phenolic OH excluding ortho intramolecular Hbond substituents is 1. The lowest BCUT2D eigenvalue weighted by atomic mass is 10.2. The van der Waals surface area contributed by atoms with E-state index in [1.165, 1.54) is 0 Å². The number of nitrogen functional groups attached to an aromatic ring is 1. The molecule has 0 radical (unpaired) electrons. The molecule has 1 aromatic heterocycles. The van der Waals surface area contributed by atoms with Gasteiger partial charge in [-0.1, -0.05) is 0 Å². The quantitative estimate of drug-likeness (QED) is 0.527. The summed E-state index contributed by atoms with van der Waals surface area (Å²) in [6.07, 6.45) is 3.64. The second-order valence-electron chi connectivity index (χ2n) is 3.21. The van der Waals surface area contributed by atoms with Crippen LogP contribution in [0.25, 0.3) is 5.69 Å². The maximum absolute atomic E-state index is 9.40. The van der Waals surface area contributed by atoms with Crippen LogP contribution in [-0.4, -0.2) is 14.9 Å². The molecule has 2 aromatic rings. The molecular weight excluding hydrogens is 178 g/mol. The van der Waals surface area contributed by atoms with Crippen LogP contribution >= 0.6 is 0 Å². The third-order valence-corrected chi connectivity index (χ3v) is 1.99. The summed E-state index contributed by atoms with van der Waals surface area (Å²) in [6.45, 7) is 1.96. The van der Waals surface area contributed by atoms with Gasteiger partial charge in [0.05, 0.1) is 17.6 Å². The zero-order valence-electron chi connectivity index (χ0n) is 7.81. The van der Waals surface area contributed by atoms with Gasteiger partial charge in [-0.05, 0) is 24.6 Å². The van der Waals surface area contributed by atoms with Gasteiger partial charge in [0, 0.05) is 12.3 Å². The fourth-order valence-corrected chi connectivity index (χ4v) is 1.23. The van der Waals surface area contributed by atoms with Crippen LogP contribution in [-0.2, 0) is 0 Å². The van der Waals surface area contributed by atoms with Gasteiger partial charge in [0.2, 0.25) is 0 Å². The Hall–Kier alpha value is -1.97. The first-order valence-corrected chi connectivity index (χ1v) is 4.27. The van der Waals surface area contributed by atoms with Gasteiger partial charge in [0.1, 0.15) is 5.75 Å². The van der Waals surface area contributed by atoms with Crippen molar-refractivity contribution in [2.24, 2.45) is 0 Å². The van der Waals surface area contributed by atoms with E-state index in [1.807, 2.05) is 19.2 Å². The Balaban J connectivity index is 2.47. The van der Waals surface area contributed by atoms with Crippen molar-refractivity contribution in [2.45, 2.75) is 6.92 Å². The highest BCUT2D eigenvalue weighted by molar-refractivity contribution is 5.56. The summed E-state index contributed by atoms with van der Waals surface area (Å²) in [7, 11) is 0. The maximum Gasteiger partial charge on any atom is 0.140 e. The highest BCUT2D eigenvalue weighted by Crippen LogP contribution is 2.22. The molecule has 0 aliphatic rings. The molecule has 0 saturated carbocycles. The van der Waals surface area contributed by atoms with Crippen molar-refractivity contribution < 1.29 is 5.11 Å². The zero-order valence-corrected chi connectivity index (χ0v) is 7.81. The number of nitrogens with two attached hydrogens (primary N) is 1. The molecule has 2 rings (SSSR count). The number of phenols is 1. The molecule has 0 aliphatic carbocycles. The van der Waals surface area contributed by atoms with Gasteiger partial charge in [-0.15, -0.1) is 0 Å². The average molecular weight is 189 g/mol. The summed E-state index contributed by atoms with van der Waals surface area (Å²) in [4.78, 5) is 0. The third kappa shape index (κ3) is 1.42. The topological polar surface area (TPSA) is 64.1 Å². The smallest absolute Gasteiger partial charge is 0.140 e. The molecule has 3 N–H and O–H groups in total. The number of benzene rings is 1. The van der Waals surface area contributed by atoms with Gasteiger partial charge in [-0.3, -0.25) is 0 Å². The first-order chi connectivity index (χ1) is 6.66. The maximum atomic E-state index is 9.40. The Labute approximate surface area is 81.6 Å². The van der Waals surface area contributed by atoms with E-state index < -0.39 is 0 Å². The molecular formula is C10H11N3O. The molecule has 0 aliphatic heterocycles. The Bertz CT molecular complexity index is 462. The number of aromatic nitrogens is 2. The SMILES string of the molecule is Cc1cnn(-c2ccc(N)c(O)c2)c1. The minimum Gasteiger partial charge on any atom is -0.506 e. The number of aromatic hydroxyl groups is 1. The summed E-state index contributed by atoms with van der Waals surface area (Å²) in [6, 6.07) is 5.05. The molecule has 1 heterocycles. The summed E-state index contributed by atoms with van der Waals surface area (Å²) in [5.74, 6) is 0.0793. The van der Waals surface area contributed by atoms with E-state index in [4.69, 9.17) is 5.73 Å². The largest absolute Gasteiger partial charge is 0.506 e. The van der Waals surface area contributed by atoms with Crippen molar-refractivity contribution in [2.75, 3.05) is 5.73 Å². The number of hydrogen-bond donors (Lipinski definition) is 2. The Morgan fingerprint density at radius 2 is 2.21 bits per heavy atom. The normalized spacial score (nSPS) is 10.4. The Kier molecular flexibility index (Phi) is 1.89. The van der Waals surface area contributed by atoms with Crippen LogP contribution in [0.1, 0.15) is 5.56 Å². The van der Waals surface area contributed by atoms with Crippen molar-refractivity contribution in [1.29, 1.82) is 0 Å². The predicted molar refractivity (Wildman–Crippen MR) is 54.4 cm³/mol. The van der Waals surface area contributed by atoms with Gasteiger partial charge < -0.3 is 10.8 Å². The van der Waals surface area contributed by atoms with E-state index in [2.05, 4.69) is 5.10 Å². The van der Waals surface area contributed by atoms with Gasteiger partial charge in [-0.25, -0.2) is 4.68 Å². The van der Waals surface area contributed by atoms with E-state index in [9.17, 15) is 5.11 Å². The number of nitrogens with zero attached hydrogens (tertiary/aromatic N) is 2. The fraction of sp³-hybridized carbons (Fsp3) is 0.100. The molecule has 14 heavy (non-hydrogen) atoms. The van der Waals surface area contributed by atoms with Gasteiger partial charge in [-0.2, -0.15) is 5.10 Å². The van der Waals surface area contributed by atoms with Crippen LogP contribution in [0.15, 0.2) is 30.6 Å². The Morgan fingerprint density at radius 3 is 2.79 bits per heavy atom. The van der Waals surface area contributed by atoms with Crippen LogP contribution in [0.4, 0.5) is 5.69 Å². The summed E-state index contributed by atoms with van der Waals surface area (Å²) in [5.41, 5.74) is 7.73. The van der Waals surface area contributed by atoms with Crippen LogP contribution in [0.5, 0.6) is 5.75 Å². The third-order valence-electron chi connectivity index (χ3n) is 1.99. The molecule has 72 valence electrons. The molecule has 0 atom stereocenters. The molecule has 0 saturated heterocycles. The van der Waals surface area contributed by atoms with Crippen molar-refractivity contribution in [1.82, 2.24) is 9.78 Å². The minimum absolute atomic E-state index is 0.0793. The van der Waals surface area contributed by atoms with Gasteiger partial charge >= 0.3 is 0 Å². The van der Waals surface area contributed by atoms with E-state index >= 15 is 0 Å². The average Bonchev–Trinajstić information content (AvgIpc) is 2.57. The molecule has 0 spiro atoms. The van der Waals surface area contributed by atoms with E-state index in [0.717, 1.165) is 11.3 Å². The molecule has 0 fully saturated rings. The van der Waals surface area contributed by atoms with E-state index in [-0.39, 0.29) is 5.75 Å². The molecule has 0 amide bonds. The number of hydrogen-bond acceptors (Lipinski definition) is 3. The number of aryl methyl sites for hydroxylation is 1. The lowest BCUT2D eigenvalue weighted by Crippen LogP contribution is -1.95. The number of anilines is 1. The molecule has 0 unspecified atom stereocenters. The van der Waals surface area contributed by atoms with E-state index in [0.29, 0.717) is 5.69 Å². The standard InChI is InChI=1S/C10H11N3O/c1-7-5-12-13(6-7)8-2-3-9(11)10(14)4-8/h2-6,14H,11H2,1H3. The van der Waals surface area contributed by atoms with Crippen molar-refractivity contribution in [3.63, 3.8) is 0 Å². The molecule has 4 nitrogen and oxygen atoms in total. The van der Waals surface area contributed by atoms with Crippen molar-refractivity contribution >= 4 is 5.69 Å². The summed E-state index contributed by atoms with van der Waals surface area (Å²) in [5, 5.41) is 13.5. The molecule has 4 heteroatoms. The highest BCUT2D eigenvalue weighted by atomic mass is 16.3. The van der Waals surface area contributed by atoms with E-state index in [1.54, 1.807) is 23.0 Å². The molecule has 1 aromatic carbocycles. The van der Waals surface area contributed by atoms with Crippen molar-refractivity contribution in [3.05, 3.63) is 36.2 Å². The van der Waals surface area contributed by atoms with Crippen LogP contribution in [0, 0.1) is 6.92 Å². The second-order valence-corrected chi connectivity index (χ2v) is 3.21. The van der Waals surface area contributed by atoms with Crippen LogP contribution in [0.2, 0.25) is 0 Å². The van der Waals surface area contributed by atoms with Crippen LogP contribution < -0.4 is 5.73 Å². The highest BCUT2D eigenvalue weighted by Gasteiger charge is 2.01. The first kappa shape index (κ1) is 8.62. The van der Waals surface area contributed by atoms with Crippen molar-refractivity contribution in [3.8, 4) is 11.4 Å². The lowest BCUT2D eigenvalue weighted by Gasteiger charge is -2.03. The fourth-order valence-electron chi connectivity index (χ4n) is 1.23. The van der Waals surface area contributed by atoms with Crippen LogP contribution in [0.3, 0.4) is 0 Å². The molecule has 0 bridgehead atoms. The predicted octanol–water partition coefficient (Wildman–Crippen LogP) is 1.47. The first-order valence-electron chi connectivity index (χ1n) is 4.27. The number of rotatable bonds is 1.